The Bertz CT molecular complexity index is 525. The van der Waals surface area contributed by atoms with E-state index in [0.29, 0.717) is 12.3 Å². The lowest BCUT2D eigenvalue weighted by Gasteiger charge is -2.29. The van der Waals surface area contributed by atoms with Crippen LogP contribution in [0.25, 0.3) is 0 Å². The third-order valence-electron chi connectivity index (χ3n) is 3.80. The van der Waals surface area contributed by atoms with Crippen LogP contribution in [0, 0.1) is 0 Å². The lowest BCUT2D eigenvalue weighted by molar-refractivity contribution is 0.200. The molecule has 112 valence electrons. The van der Waals surface area contributed by atoms with Crippen LogP contribution in [0.5, 0.6) is 5.75 Å². The molecule has 0 saturated heterocycles. The summed E-state index contributed by atoms with van der Waals surface area (Å²) in [6.45, 7) is 4.77. The molecule has 2 aromatic carbocycles. The van der Waals surface area contributed by atoms with Crippen molar-refractivity contribution in [1.29, 1.82) is 0 Å². The van der Waals surface area contributed by atoms with Gasteiger partial charge in [-0.05, 0) is 43.1 Å². The molecule has 3 nitrogen and oxygen atoms in total. The Hall–Kier alpha value is -1.84. The van der Waals surface area contributed by atoms with Gasteiger partial charge in [0.25, 0.3) is 0 Å². The molecule has 0 bridgehead atoms. The predicted octanol–water partition coefficient (Wildman–Crippen LogP) is 3.30. The first kappa shape index (κ1) is 15.5. The van der Waals surface area contributed by atoms with Crippen molar-refractivity contribution in [2.24, 2.45) is 5.73 Å². The quantitative estimate of drug-likeness (QED) is 0.820. The average Bonchev–Trinajstić information content (AvgIpc) is 2.52. The minimum atomic E-state index is 0.289. The Morgan fingerprint density at radius 1 is 1.05 bits per heavy atom. The molecule has 1 atom stereocenters. The van der Waals surface area contributed by atoms with E-state index in [0.717, 1.165) is 19.5 Å². The minimum Gasteiger partial charge on any atom is -0.508 e. The number of phenolic OH excluding ortho intramolecular Hbond substituents is 1. The van der Waals surface area contributed by atoms with Crippen LogP contribution < -0.4 is 5.73 Å². The Labute approximate surface area is 127 Å². The van der Waals surface area contributed by atoms with E-state index in [1.54, 1.807) is 12.1 Å². The highest BCUT2D eigenvalue weighted by molar-refractivity contribution is 5.28. The molecule has 0 heterocycles. The fourth-order valence-electron chi connectivity index (χ4n) is 2.49. The summed E-state index contributed by atoms with van der Waals surface area (Å²) >= 11 is 0. The molecule has 0 radical (unpaired) electrons. The summed E-state index contributed by atoms with van der Waals surface area (Å²) in [4.78, 5) is 2.43. The summed E-state index contributed by atoms with van der Waals surface area (Å²) in [6, 6.07) is 18.2. The summed E-state index contributed by atoms with van der Waals surface area (Å²) in [5.74, 6) is 0.308. The van der Waals surface area contributed by atoms with Crippen LogP contribution in [0.15, 0.2) is 54.6 Å². The lowest BCUT2D eigenvalue weighted by Crippen LogP contribution is -2.29. The highest BCUT2D eigenvalue weighted by Crippen LogP contribution is 2.24. The van der Waals surface area contributed by atoms with Gasteiger partial charge in [0.05, 0.1) is 0 Å². The van der Waals surface area contributed by atoms with Gasteiger partial charge >= 0.3 is 0 Å². The van der Waals surface area contributed by atoms with E-state index < -0.39 is 0 Å². The third kappa shape index (κ3) is 4.59. The van der Waals surface area contributed by atoms with Crippen molar-refractivity contribution in [3.05, 3.63) is 65.7 Å². The Balaban J connectivity index is 2.12. The van der Waals surface area contributed by atoms with E-state index in [1.807, 2.05) is 18.2 Å². The van der Waals surface area contributed by atoms with Gasteiger partial charge in [-0.2, -0.15) is 0 Å². The van der Waals surface area contributed by atoms with E-state index in [4.69, 9.17) is 5.73 Å². The predicted molar refractivity (Wildman–Crippen MR) is 87.0 cm³/mol. The lowest BCUT2D eigenvalue weighted by atomic mass is 10.1. The zero-order valence-electron chi connectivity index (χ0n) is 12.6. The first-order valence-corrected chi connectivity index (χ1v) is 7.47. The number of nitrogens with zero attached hydrogens (tertiary/aromatic N) is 1. The summed E-state index contributed by atoms with van der Waals surface area (Å²) in [5, 5.41) is 9.42. The molecule has 1 unspecified atom stereocenters. The standard InChI is InChI=1S/C18H24N2O/c1-15(17-8-10-18(21)11-9-17)20(13-5-12-19)14-16-6-3-2-4-7-16/h2-4,6-11,15,21H,5,12-14,19H2,1H3. The maximum absolute atomic E-state index is 9.42. The molecular formula is C18H24N2O. The molecule has 2 aromatic rings. The maximum Gasteiger partial charge on any atom is 0.115 e. The number of benzene rings is 2. The van der Waals surface area contributed by atoms with E-state index >= 15 is 0 Å². The molecule has 0 aromatic heterocycles. The van der Waals surface area contributed by atoms with Crippen LogP contribution in [0.1, 0.15) is 30.5 Å². The van der Waals surface area contributed by atoms with Crippen molar-refractivity contribution >= 4 is 0 Å². The van der Waals surface area contributed by atoms with Gasteiger partial charge in [0.1, 0.15) is 5.75 Å². The van der Waals surface area contributed by atoms with Gasteiger partial charge in [-0.25, -0.2) is 0 Å². The second kappa shape index (κ2) is 7.81. The molecule has 3 heteroatoms. The molecule has 0 spiro atoms. The Morgan fingerprint density at radius 2 is 1.71 bits per heavy atom. The monoisotopic (exact) mass is 284 g/mol. The van der Waals surface area contributed by atoms with Gasteiger partial charge in [0, 0.05) is 19.1 Å². The number of hydrogen-bond acceptors (Lipinski definition) is 3. The van der Waals surface area contributed by atoms with Crippen LogP contribution in [0.2, 0.25) is 0 Å². The molecule has 0 saturated carbocycles. The van der Waals surface area contributed by atoms with E-state index in [9.17, 15) is 5.11 Å². The summed E-state index contributed by atoms with van der Waals surface area (Å²) in [5.41, 5.74) is 8.18. The smallest absolute Gasteiger partial charge is 0.115 e. The molecule has 0 aliphatic heterocycles. The van der Waals surface area contributed by atoms with Gasteiger partial charge < -0.3 is 10.8 Å². The Kier molecular flexibility index (Phi) is 5.78. The number of aromatic hydroxyl groups is 1. The molecule has 3 N–H and O–H groups in total. The topological polar surface area (TPSA) is 49.5 Å². The van der Waals surface area contributed by atoms with E-state index in [-0.39, 0.29) is 6.04 Å². The largest absolute Gasteiger partial charge is 0.508 e. The van der Waals surface area contributed by atoms with Gasteiger partial charge in [-0.3, -0.25) is 4.90 Å². The van der Waals surface area contributed by atoms with E-state index in [2.05, 4.69) is 36.1 Å². The fraction of sp³-hybridized carbons (Fsp3) is 0.333. The van der Waals surface area contributed by atoms with Crippen molar-refractivity contribution in [2.45, 2.75) is 25.9 Å². The average molecular weight is 284 g/mol. The van der Waals surface area contributed by atoms with Crippen molar-refractivity contribution < 1.29 is 5.11 Å². The Morgan fingerprint density at radius 3 is 2.33 bits per heavy atom. The number of rotatable bonds is 7. The van der Waals surface area contributed by atoms with Gasteiger partial charge in [0.15, 0.2) is 0 Å². The van der Waals surface area contributed by atoms with Crippen molar-refractivity contribution in [3.63, 3.8) is 0 Å². The minimum absolute atomic E-state index is 0.289. The fourth-order valence-corrected chi connectivity index (χ4v) is 2.49. The second-order valence-corrected chi connectivity index (χ2v) is 5.37. The summed E-state index contributed by atoms with van der Waals surface area (Å²) < 4.78 is 0. The summed E-state index contributed by atoms with van der Waals surface area (Å²) in [6.07, 6.45) is 0.981. The first-order chi connectivity index (χ1) is 10.2. The third-order valence-corrected chi connectivity index (χ3v) is 3.80. The van der Waals surface area contributed by atoms with Gasteiger partial charge in [-0.1, -0.05) is 42.5 Å². The van der Waals surface area contributed by atoms with Crippen LogP contribution >= 0.6 is 0 Å². The van der Waals surface area contributed by atoms with Crippen LogP contribution in [0.3, 0.4) is 0 Å². The number of hydrogen-bond donors (Lipinski definition) is 2. The van der Waals surface area contributed by atoms with E-state index in [1.165, 1.54) is 11.1 Å². The zero-order chi connectivity index (χ0) is 15.1. The highest BCUT2D eigenvalue weighted by Gasteiger charge is 2.15. The van der Waals surface area contributed by atoms with Crippen LogP contribution in [-0.4, -0.2) is 23.1 Å². The van der Waals surface area contributed by atoms with Crippen molar-refractivity contribution in [3.8, 4) is 5.75 Å². The maximum atomic E-state index is 9.42. The normalized spacial score (nSPS) is 12.5. The molecule has 2 rings (SSSR count). The summed E-state index contributed by atoms with van der Waals surface area (Å²) in [7, 11) is 0. The van der Waals surface area contributed by atoms with Crippen LogP contribution in [0.4, 0.5) is 0 Å². The first-order valence-electron chi connectivity index (χ1n) is 7.47. The molecule has 0 fully saturated rings. The molecule has 0 aliphatic carbocycles. The SMILES string of the molecule is CC(c1ccc(O)cc1)N(CCCN)Cc1ccccc1. The molecule has 0 aliphatic rings. The van der Waals surface area contributed by atoms with Crippen molar-refractivity contribution in [2.75, 3.05) is 13.1 Å². The molecule has 0 amide bonds. The highest BCUT2D eigenvalue weighted by atomic mass is 16.3. The van der Waals surface area contributed by atoms with Gasteiger partial charge in [-0.15, -0.1) is 0 Å². The van der Waals surface area contributed by atoms with Crippen molar-refractivity contribution in [1.82, 2.24) is 4.90 Å². The number of nitrogens with two attached hydrogens (primary N) is 1. The van der Waals surface area contributed by atoms with Gasteiger partial charge in [0.2, 0.25) is 0 Å². The zero-order valence-corrected chi connectivity index (χ0v) is 12.6. The van der Waals surface area contributed by atoms with Crippen LogP contribution in [-0.2, 0) is 6.54 Å². The molecule has 21 heavy (non-hydrogen) atoms. The second-order valence-electron chi connectivity index (χ2n) is 5.37. The number of phenols is 1. The molecular weight excluding hydrogens is 260 g/mol.